The van der Waals surface area contributed by atoms with E-state index in [9.17, 15) is 0 Å². The molecule has 0 aliphatic rings. The lowest BCUT2D eigenvalue weighted by atomic mass is 10.1. The van der Waals surface area contributed by atoms with E-state index in [1.54, 1.807) is 0 Å². The summed E-state index contributed by atoms with van der Waals surface area (Å²) >= 11 is 3.86. The molecule has 4 heteroatoms. The molecule has 19 heavy (non-hydrogen) atoms. The molecule has 4 N–H and O–H groups in total. The fourth-order valence-electron chi connectivity index (χ4n) is 1.88. The normalized spacial score (nSPS) is 17.8. The zero-order valence-corrected chi connectivity index (χ0v) is 14.0. The number of benzene rings is 1. The molecule has 0 aromatic heterocycles. The van der Waals surface area contributed by atoms with Gasteiger partial charge in [0.1, 0.15) is 0 Å². The molecule has 1 rings (SSSR count). The van der Waals surface area contributed by atoms with Crippen LogP contribution in [-0.2, 0) is 4.08 Å². The topological polar surface area (TPSA) is 52.0 Å². The van der Waals surface area contributed by atoms with Crippen molar-refractivity contribution in [2.45, 2.75) is 42.3 Å². The van der Waals surface area contributed by atoms with Crippen LogP contribution in [0.2, 0.25) is 0 Å². The Hall–Kier alpha value is -0.160. The highest BCUT2D eigenvalue weighted by molar-refractivity contribution is 8.18. The van der Waals surface area contributed by atoms with Crippen molar-refractivity contribution < 1.29 is 0 Å². The molecule has 108 valence electrons. The summed E-state index contributed by atoms with van der Waals surface area (Å²) in [5.41, 5.74) is 14.2. The molecule has 2 atom stereocenters. The van der Waals surface area contributed by atoms with E-state index in [1.807, 2.05) is 23.5 Å². The van der Waals surface area contributed by atoms with Crippen LogP contribution in [0, 0.1) is 6.92 Å². The molecule has 0 bridgehead atoms. The first-order chi connectivity index (χ1) is 8.91. The fraction of sp³-hybridized carbons (Fsp3) is 0.600. The molecule has 2 nitrogen and oxygen atoms in total. The third-order valence-electron chi connectivity index (χ3n) is 3.09. The van der Waals surface area contributed by atoms with E-state index in [4.69, 9.17) is 11.5 Å². The molecule has 0 saturated carbocycles. The van der Waals surface area contributed by atoms with Crippen LogP contribution in [0.25, 0.3) is 0 Å². The second-order valence-corrected chi connectivity index (χ2v) is 9.11. The number of hydrogen-bond donors (Lipinski definition) is 2. The summed E-state index contributed by atoms with van der Waals surface area (Å²) in [7, 11) is 0. The molecule has 1 aromatic rings. The molecular weight excluding hydrogens is 272 g/mol. The van der Waals surface area contributed by atoms with Gasteiger partial charge in [-0.15, -0.1) is 23.5 Å². The number of aryl methyl sites for hydroxylation is 1. The van der Waals surface area contributed by atoms with Gasteiger partial charge in [0, 0.05) is 23.6 Å². The summed E-state index contributed by atoms with van der Waals surface area (Å²) in [6, 6.07) is 8.80. The Morgan fingerprint density at radius 3 is 1.79 bits per heavy atom. The minimum absolute atomic E-state index is 0.00523. The smallest absolute Gasteiger partial charge is 0.0838 e. The van der Waals surface area contributed by atoms with Crippen LogP contribution in [0.3, 0.4) is 0 Å². The average Bonchev–Trinajstić information content (AvgIpc) is 2.38. The highest BCUT2D eigenvalue weighted by Crippen LogP contribution is 2.49. The lowest BCUT2D eigenvalue weighted by molar-refractivity contribution is 0.896. The molecule has 0 amide bonds. The van der Waals surface area contributed by atoms with Crippen LogP contribution in [0.15, 0.2) is 24.3 Å². The second kappa shape index (κ2) is 7.58. The predicted octanol–water partition coefficient (Wildman–Crippen LogP) is 3.33. The van der Waals surface area contributed by atoms with Crippen molar-refractivity contribution in [2.75, 3.05) is 13.1 Å². The summed E-state index contributed by atoms with van der Waals surface area (Å²) in [6.45, 7) is 10.2. The van der Waals surface area contributed by atoms with Gasteiger partial charge in [0.25, 0.3) is 0 Å². The highest BCUT2D eigenvalue weighted by Gasteiger charge is 2.31. The molecular formula is C15H26N2S2. The minimum atomic E-state index is 0.00523. The standard InChI is InChI=1S/C15H26N2S2/c1-11-5-7-14(8-6-11)15(4,18-12(2)9-16)19-13(3)10-17/h5-8,12-13H,9-10,16-17H2,1-4H3. The average molecular weight is 299 g/mol. The largest absolute Gasteiger partial charge is 0.329 e. The number of hydrogen-bond acceptors (Lipinski definition) is 4. The third-order valence-corrected chi connectivity index (χ3v) is 6.23. The fourth-order valence-corrected chi connectivity index (χ4v) is 5.36. The van der Waals surface area contributed by atoms with E-state index in [2.05, 4.69) is 52.0 Å². The van der Waals surface area contributed by atoms with Crippen LogP contribution in [0.5, 0.6) is 0 Å². The van der Waals surface area contributed by atoms with E-state index in [1.165, 1.54) is 11.1 Å². The third kappa shape index (κ3) is 5.03. The Morgan fingerprint density at radius 1 is 1.00 bits per heavy atom. The van der Waals surface area contributed by atoms with Gasteiger partial charge in [-0.3, -0.25) is 0 Å². The van der Waals surface area contributed by atoms with Crippen molar-refractivity contribution in [2.24, 2.45) is 11.5 Å². The van der Waals surface area contributed by atoms with Crippen LogP contribution in [0.4, 0.5) is 0 Å². The molecule has 2 unspecified atom stereocenters. The molecule has 0 radical (unpaired) electrons. The van der Waals surface area contributed by atoms with E-state index < -0.39 is 0 Å². The molecule has 0 aliphatic heterocycles. The molecule has 0 spiro atoms. The summed E-state index contributed by atoms with van der Waals surface area (Å²) in [5, 5.41) is 0.868. The van der Waals surface area contributed by atoms with Crippen molar-refractivity contribution in [3.8, 4) is 0 Å². The number of thioether (sulfide) groups is 2. The van der Waals surface area contributed by atoms with Crippen molar-refractivity contribution >= 4 is 23.5 Å². The Bertz CT molecular complexity index is 366. The van der Waals surface area contributed by atoms with E-state index in [0.29, 0.717) is 23.6 Å². The predicted molar refractivity (Wildman–Crippen MR) is 90.7 cm³/mol. The van der Waals surface area contributed by atoms with Crippen molar-refractivity contribution in [1.29, 1.82) is 0 Å². The van der Waals surface area contributed by atoms with E-state index in [-0.39, 0.29) is 4.08 Å². The first-order valence-electron chi connectivity index (χ1n) is 6.74. The van der Waals surface area contributed by atoms with E-state index in [0.717, 1.165) is 0 Å². The van der Waals surface area contributed by atoms with Crippen LogP contribution in [0.1, 0.15) is 31.9 Å². The maximum absolute atomic E-state index is 5.79. The number of rotatable bonds is 7. The molecule has 0 fully saturated rings. The van der Waals surface area contributed by atoms with Gasteiger partial charge in [0.05, 0.1) is 4.08 Å². The molecule has 0 aliphatic carbocycles. The quantitative estimate of drug-likeness (QED) is 0.758. The van der Waals surface area contributed by atoms with Gasteiger partial charge in [0.2, 0.25) is 0 Å². The molecule has 0 heterocycles. The van der Waals surface area contributed by atoms with Crippen LogP contribution >= 0.6 is 23.5 Å². The van der Waals surface area contributed by atoms with Gasteiger partial charge in [-0.1, -0.05) is 43.7 Å². The zero-order valence-electron chi connectivity index (χ0n) is 12.3. The van der Waals surface area contributed by atoms with Crippen molar-refractivity contribution in [3.05, 3.63) is 35.4 Å². The Morgan fingerprint density at radius 2 is 1.42 bits per heavy atom. The first-order valence-corrected chi connectivity index (χ1v) is 8.50. The Labute approximate surface area is 126 Å². The summed E-state index contributed by atoms with van der Waals surface area (Å²) in [6.07, 6.45) is 0. The minimum Gasteiger partial charge on any atom is -0.329 e. The second-order valence-electron chi connectivity index (χ2n) is 5.14. The van der Waals surface area contributed by atoms with Gasteiger partial charge < -0.3 is 11.5 Å². The lowest BCUT2D eigenvalue weighted by Crippen LogP contribution is -2.26. The SMILES string of the molecule is Cc1ccc(C(C)(SC(C)CN)SC(C)CN)cc1. The van der Waals surface area contributed by atoms with E-state index >= 15 is 0 Å². The van der Waals surface area contributed by atoms with Crippen LogP contribution < -0.4 is 11.5 Å². The van der Waals surface area contributed by atoms with Crippen LogP contribution in [-0.4, -0.2) is 23.6 Å². The van der Waals surface area contributed by atoms with Crippen molar-refractivity contribution in [3.63, 3.8) is 0 Å². The van der Waals surface area contributed by atoms with Gasteiger partial charge in [-0.2, -0.15) is 0 Å². The van der Waals surface area contributed by atoms with Gasteiger partial charge in [0.15, 0.2) is 0 Å². The Balaban J connectivity index is 2.99. The summed E-state index contributed by atoms with van der Waals surface area (Å²) in [4.78, 5) is 0. The molecule has 0 saturated heterocycles. The highest BCUT2D eigenvalue weighted by atomic mass is 32.2. The molecule has 1 aromatic carbocycles. The van der Waals surface area contributed by atoms with Crippen molar-refractivity contribution in [1.82, 2.24) is 0 Å². The number of nitrogens with two attached hydrogens (primary N) is 2. The Kier molecular flexibility index (Phi) is 6.74. The van der Waals surface area contributed by atoms with Gasteiger partial charge >= 0.3 is 0 Å². The first kappa shape index (κ1) is 16.9. The summed E-state index contributed by atoms with van der Waals surface area (Å²) < 4.78 is 0.00523. The monoisotopic (exact) mass is 298 g/mol. The summed E-state index contributed by atoms with van der Waals surface area (Å²) in [5.74, 6) is 0. The maximum Gasteiger partial charge on any atom is 0.0838 e. The zero-order chi connectivity index (χ0) is 14.5. The van der Waals surface area contributed by atoms with Gasteiger partial charge in [-0.25, -0.2) is 0 Å². The van der Waals surface area contributed by atoms with Gasteiger partial charge in [-0.05, 0) is 19.4 Å². The lowest BCUT2D eigenvalue weighted by Gasteiger charge is -2.34. The maximum atomic E-state index is 5.79.